The highest BCUT2D eigenvalue weighted by Gasteiger charge is 2.34. The Balaban J connectivity index is 1.83. The van der Waals surface area contributed by atoms with E-state index in [4.69, 9.17) is 10.00 Å². The molecule has 1 aromatic rings. The number of aromatic nitrogens is 1. The fourth-order valence-electron chi connectivity index (χ4n) is 3.32. The Morgan fingerprint density at radius 3 is 3.00 bits per heavy atom. The van der Waals surface area contributed by atoms with Crippen LogP contribution < -0.4 is 4.90 Å². The van der Waals surface area contributed by atoms with Gasteiger partial charge in [-0.2, -0.15) is 5.26 Å². The number of rotatable bonds is 2. The first-order valence-corrected chi connectivity index (χ1v) is 7.19. The van der Waals surface area contributed by atoms with Crippen LogP contribution in [0.2, 0.25) is 0 Å². The van der Waals surface area contributed by atoms with Gasteiger partial charge in [-0.15, -0.1) is 0 Å². The van der Waals surface area contributed by atoms with Crippen LogP contribution in [0.1, 0.15) is 31.2 Å². The van der Waals surface area contributed by atoms with E-state index in [9.17, 15) is 4.39 Å². The molecule has 20 heavy (non-hydrogen) atoms. The Kier molecular flexibility index (Phi) is 3.83. The number of nitrogens with zero attached hydrogens (tertiary/aromatic N) is 3. The normalized spacial score (nSPS) is 26.5. The van der Waals surface area contributed by atoms with Crippen LogP contribution in [0.4, 0.5) is 10.2 Å². The van der Waals surface area contributed by atoms with Gasteiger partial charge in [-0.1, -0.05) is 0 Å². The Morgan fingerprint density at radius 1 is 1.40 bits per heavy atom. The molecule has 2 unspecified atom stereocenters. The molecule has 0 spiro atoms. The minimum atomic E-state index is -0.396. The van der Waals surface area contributed by atoms with Crippen molar-refractivity contribution in [2.45, 2.75) is 31.7 Å². The molecular formula is C15H18FN3O. The summed E-state index contributed by atoms with van der Waals surface area (Å²) in [5, 5.41) is 8.79. The number of ether oxygens (including phenoxy) is 1. The maximum Gasteiger partial charge on any atom is 0.166 e. The first-order chi connectivity index (χ1) is 9.79. The van der Waals surface area contributed by atoms with E-state index in [1.807, 2.05) is 6.07 Å². The van der Waals surface area contributed by atoms with Gasteiger partial charge in [-0.3, -0.25) is 0 Å². The number of nitriles is 1. The summed E-state index contributed by atoms with van der Waals surface area (Å²) in [5.74, 6) is 0.452. The van der Waals surface area contributed by atoms with Gasteiger partial charge in [-0.05, 0) is 31.7 Å². The van der Waals surface area contributed by atoms with E-state index in [0.29, 0.717) is 17.8 Å². The summed E-state index contributed by atoms with van der Waals surface area (Å²) >= 11 is 0. The molecule has 0 saturated carbocycles. The van der Waals surface area contributed by atoms with Crippen LogP contribution in [0.5, 0.6) is 0 Å². The molecular weight excluding hydrogens is 257 g/mol. The van der Waals surface area contributed by atoms with Gasteiger partial charge in [0.1, 0.15) is 6.07 Å². The minimum Gasteiger partial charge on any atom is -0.381 e. The van der Waals surface area contributed by atoms with Crippen LogP contribution in [0, 0.1) is 23.1 Å². The Labute approximate surface area is 118 Å². The second-order valence-electron chi connectivity index (χ2n) is 5.52. The zero-order chi connectivity index (χ0) is 13.9. The average molecular weight is 275 g/mol. The molecule has 4 nitrogen and oxygen atoms in total. The van der Waals surface area contributed by atoms with Crippen molar-refractivity contribution >= 4 is 5.82 Å². The molecule has 106 valence electrons. The van der Waals surface area contributed by atoms with Gasteiger partial charge in [-0.25, -0.2) is 9.37 Å². The number of hydrogen-bond donors (Lipinski definition) is 0. The highest BCUT2D eigenvalue weighted by atomic mass is 19.1. The maximum absolute atomic E-state index is 14.1. The summed E-state index contributed by atoms with van der Waals surface area (Å²) < 4.78 is 19.7. The fourth-order valence-corrected chi connectivity index (χ4v) is 3.32. The van der Waals surface area contributed by atoms with E-state index >= 15 is 0 Å². The van der Waals surface area contributed by atoms with Gasteiger partial charge < -0.3 is 9.64 Å². The number of halogens is 1. The van der Waals surface area contributed by atoms with Gasteiger partial charge in [0, 0.05) is 31.3 Å². The van der Waals surface area contributed by atoms with Gasteiger partial charge in [0.2, 0.25) is 0 Å². The second kappa shape index (κ2) is 5.76. The van der Waals surface area contributed by atoms with Gasteiger partial charge in [0.25, 0.3) is 0 Å². The Morgan fingerprint density at radius 2 is 2.30 bits per heavy atom. The molecule has 0 bridgehead atoms. The molecule has 2 aliphatic rings. The molecule has 2 saturated heterocycles. The average Bonchev–Trinajstić information content (AvgIpc) is 2.97. The van der Waals surface area contributed by atoms with E-state index in [1.165, 1.54) is 12.3 Å². The van der Waals surface area contributed by atoms with Crippen molar-refractivity contribution in [3.8, 4) is 6.07 Å². The lowest BCUT2D eigenvalue weighted by atomic mass is 9.92. The van der Waals surface area contributed by atoms with Crippen molar-refractivity contribution < 1.29 is 9.13 Å². The zero-order valence-corrected chi connectivity index (χ0v) is 11.4. The SMILES string of the molecule is N#Cc1cnc(N2CCCC2C2CCCOC2)c(F)c1. The van der Waals surface area contributed by atoms with Crippen molar-refractivity contribution in [3.05, 3.63) is 23.6 Å². The van der Waals surface area contributed by atoms with Crippen LogP contribution >= 0.6 is 0 Å². The predicted molar refractivity (Wildman–Crippen MR) is 72.8 cm³/mol. The smallest absolute Gasteiger partial charge is 0.166 e. The lowest BCUT2D eigenvalue weighted by Gasteiger charge is -2.34. The van der Waals surface area contributed by atoms with E-state index in [-0.39, 0.29) is 5.56 Å². The van der Waals surface area contributed by atoms with Crippen LogP contribution in [0.3, 0.4) is 0 Å². The van der Waals surface area contributed by atoms with E-state index in [0.717, 1.165) is 45.4 Å². The summed E-state index contributed by atoms with van der Waals surface area (Å²) in [7, 11) is 0. The Bertz CT molecular complexity index is 522. The molecule has 0 aromatic carbocycles. The minimum absolute atomic E-state index is 0.267. The Hall–Kier alpha value is -1.67. The summed E-state index contributed by atoms with van der Waals surface area (Å²) in [4.78, 5) is 6.23. The molecule has 0 radical (unpaired) electrons. The standard InChI is InChI=1S/C15H18FN3O/c16-13-7-11(8-17)9-18-15(13)19-5-1-4-14(19)12-3-2-6-20-10-12/h7,9,12,14H,1-6,10H2. The zero-order valence-electron chi connectivity index (χ0n) is 11.4. The molecule has 2 fully saturated rings. The highest BCUT2D eigenvalue weighted by Crippen LogP contribution is 2.33. The molecule has 5 heteroatoms. The quantitative estimate of drug-likeness (QED) is 0.832. The molecule has 2 aliphatic heterocycles. The number of pyridine rings is 1. The monoisotopic (exact) mass is 275 g/mol. The van der Waals surface area contributed by atoms with Crippen LogP contribution in [-0.4, -0.2) is 30.8 Å². The van der Waals surface area contributed by atoms with Crippen molar-refractivity contribution in [3.63, 3.8) is 0 Å². The summed E-state index contributed by atoms with van der Waals surface area (Å²) in [5.41, 5.74) is 0.267. The lowest BCUT2D eigenvalue weighted by Crippen LogP contribution is -2.40. The summed E-state index contributed by atoms with van der Waals surface area (Å²) in [6.45, 7) is 2.43. The van der Waals surface area contributed by atoms with Crippen molar-refractivity contribution in [1.82, 2.24) is 4.98 Å². The largest absolute Gasteiger partial charge is 0.381 e. The molecule has 2 atom stereocenters. The van der Waals surface area contributed by atoms with Gasteiger partial charge in [0.05, 0.1) is 12.2 Å². The number of anilines is 1. The van der Waals surface area contributed by atoms with Crippen molar-refractivity contribution in [2.24, 2.45) is 5.92 Å². The first-order valence-electron chi connectivity index (χ1n) is 7.19. The molecule has 0 N–H and O–H groups in total. The van der Waals surface area contributed by atoms with Crippen LogP contribution in [0.25, 0.3) is 0 Å². The van der Waals surface area contributed by atoms with E-state index in [1.54, 1.807) is 0 Å². The second-order valence-corrected chi connectivity index (χ2v) is 5.52. The van der Waals surface area contributed by atoms with E-state index in [2.05, 4.69) is 9.88 Å². The molecule has 3 heterocycles. The van der Waals surface area contributed by atoms with Crippen LogP contribution in [0.15, 0.2) is 12.3 Å². The number of hydrogen-bond acceptors (Lipinski definition) is 4. The summed E-state index contributed by atoms with van der Waals surface area (Å²) in [6.07, 6.45) is 5.79. The van der Waals surface area contributed by atoms with Crippen LogP contribution in [-0.2, 0) is 4.74 Å². The highest BCUT2D eigenvalue weighted by molar-refractivity contribution is 5.45. The maximum atomic E-state index is 14.1. The van der Waals surface area contributed by atoms with Gasteiger partial charge in [0.15, 0.2) is 11.6 Å². The topological polar surface area (TPSA) is 49.2 Å². The fraction of sp³-hybridized carbons (Fsp3) is 0.600. The molecule has 0 amide bonds. The third-order valence-corrected chi connectivity index (χ3v) is 4.26. The van der Waals surface area contributed by atoms with Crippen molar-refractivity contribution in [1.29, 1.82) is 5.26 Å². The third kappa shape index (κ3) is 2.48. The third-order valence-electron chi connectivity index (χ3n) is 4.26. The molecule has 3 rings (SSSR count). The lowest BCUT2D eigenvalue weighted by molar-refractivity contribution is 0.0453. The molecule has 1 aromatic heterocycles. The predicted octanol–water partition coefficient (Wildman–Crippen LogP) is 2.49. The summed E-state index contributed by atoms with van der Waals surface area (Å²) in [6, 6.07) is 3.50. The van der Waals surface area contributed by atoms with Crippen molar-refractivity contribution in [2.75, 3.05) is 24.7 Å². The molecule has 0 aliphatic carbocycles. The van der Waals surface area contributed by atoms with Gasteiger partial charge >= 0.3 is 0 Å². The van der Waals surface area contributed by atoms with E-state index < -0.39 is 5.82 Å². The first kappa shape index (κ1) is 13.3.